The molecular weight excluding hydrogens is 548 g/mol. The molecule has 1 aromatic heterocycles. The molecule has 4 nitrogen and oxygen atoms in total. The van der Waals surface area contributed by atoms with Crippen LogP contribution >= 0.6 is 0 Å². The third-order valence-corrected chi connectivity index (χ3v) is 8.00. The van der Waals surface area contributed by atoms with Gasteiger partial charge in [0.2, 0.25) is 0 Å². The molecule has 216 valence electrons. The fourth-order valence-electron chi connectivity index (χ4n) is 5.74. The van der Waals surface area contributed by atoms with Gasteiger partial charge in [0, 0.05) is 28.2 Å². The Morgan fingerprint density at radius 1 is 0.267 bits per heavy atom. The number of hydrogen-bond acceptors (Lipinski definition) is 4. The normalized spacial score (nSPS) is 10.9. The molecular formula is C41H32N4. The van der Waals surface area contributed by atoms with Crippen LogP contribution in [0.15, 0.2) is 158 Å². The van der Waals surface area contributed by atoms with Gasteiger partial charge in [0.05, 0.1) is 11.4 Å². The van der Waals surface area contributed by atoms with Crippen LogP contribution in [0.25, 0.3) is 67.0 Å². The summed E-state index contributed by atoms with van der Waals surface area (Å²) in [6.45, 7) is 0. The Hall–Kier alpha value is -6.13. The summed E-state index contributed by atoms with van der Waals surface area (Å²) in [5.74, 6) is 0. The Labute approximate surface area is 263 Å². The Balaban J connectivity index is 1.38. The summed E-state index contributed by atoms with van der Waals surface area (Å²) < 4.78 is 0. The van der Waals surface area contributed by atoms with E-state index in [1.54, 1.807) is 0 Å². The van der Waals surface area contributed by atoms with Crippen LogP contribution in [0.4, 0.5) is 17.1 Å². The molecule has 0 saturated heterocycles. The van der Waals surface area contributed by atoms with Gasteiger partial charge in [0.1, 0.15) is 0 Å². The molecule has 45 heavy (non-hydrogen) atoms. The highest BCUT2D eigenvalue weighted by molar-refractivity contribution is 5.82. The first kappa shape index (κ1) is 27.7. The third-order valence-electron chi connectivity index (χ3n) is 8.00. The first-order chi connectivity index (χ1) is 22.0. The van der Waals surface area contributed by atoms with Crippen LogP contribution in [0.5, 0.6) is 0 Å². The second-order valence-electron chi connectivity index (χ2n) is 11.2. The molecule has 0 saturated carbocycles. The maximum Gasteiger partial charge on any atom is 0.0715 e. The molecule has 0 spiro atoms. The van der Waals surface area contributed by atoms with Gasteiger partial charge in [-0.1, -0.05) is 91.0 Å². The van der Waals surface area contributed by atoms with Gasteiger partial charge in [0.15, 0.2) is 0 Å². The van der Waals surface area contributed by atoms with Gasteiger partial charge in [-0.25, -0.2) is 4.98 Å². The first-order valence-corrected chi connectivity index (χ1v) is 14.9. The van der Waals surface area contributed by atoms with Gasteiger partial charge in [0.25, 0.3) is 0 Å². The molecule has 0 amide bonds. The second kappa shape index (κ2) is 11.9. The third kappa shape index (κ3) is 6.03. The van der Waals surface area contributed by atoms with Crippen LogP contribution in [0.3, 0.4) is 0 Å². The quantitative estimate of drug-likeness (QED) is 0.171. The van der Waals surface area contributed by atoms with E-state index in [4.69, 9.17) is 22.2 Å². The lowest BCUT2D eigenvalue weighted by atomic mass is 9.95. The standard InChI is InChI=1S/C41H32N4/c42-37-16-4-11-31(22-37)27-7-1-10-30(19-27)36-25-40(34-14-2-8-28(20-34)32-12-5-17-38(43)23-32)45-41(26-36)35-15-3-9-29(21-35)33-13-6-18-39(44)24-33/h1-26H,42-44H2. The van der Waals surface area contributed by atoms with Crippen molar-refractivity contribution in [2.24, 2.45) is 0 Å². The Kier molecular flexibility index (Phi) is 7.30. The highest BCUT2D eigenvalue weighted by atomic mass is 14.7. The average Bonchev–Trinajstić information content (AvgIpc) is 3.08. The fourth-order valence-corrected chi connectivity index (χ4v) is 5.74. The lowest BCUT2D eigenvalue weighted by molar-refractivity contribution is 1.32. The van der Waals surface area contributed by atoms with E-state index in [1.807, 2.05) is 54.6 Å². The van der Waals surface area contributed by atoms with Crippen LogP contribution in [0, 0.1) is 0 Å². The van der Waals surface area contributed by atoms with Crippen molar-refractivity contribution in [3.63, 3.8) is 0 Å². The van der Waals surface area contributed by atoms with E-state index in [-0.39, 0.29) is 0 Å². The van der Waals surface area contributed by atoms with Crippen LogP contribution in [-0.2, 0) is 0 Å². The smallest absolute Gasteiger partial charge is 0.0715 e. The number of rotatable bonds is 6. The molecule has 6 aromatic carbocycles. The van der Waals surface area contributed by atoms with Crippen molar-refractivity contribution in [1.82, 2.24) is 4.98 Å². The predicted molar refractivity (Wildman–Crippen MR) is 190 cm³/mol. The lowest BCUT2D eigenvalue weighted by Crippen LogP contribution is -1.93. The van der Waals surface area contributed by atoms with E-state index in [2.05, 4.69) is 103 Å². The summed E-state index contributed by atoms with van der Waals surface area (Å²) in [7, 11) is 0. The highest BCUT2D eigenvalue weighted by Gasteiger charge is 2.12. The molecule has 0 radical (unpaired) electrons. The Morgan fingerprint density at radius 3 is 0.889 bits per heavy atom. The molecule has 0 aliphatic carbocycles. The van der Waals surface area contributed by atoms with Crippen LogP contribution in [-0.4, -0.2) is 4.98 Å². The monoisotopic (exact) mass is 580 g/mol. The topological polar surface area (TPSA) is 91.0 Å². The summed E-state index contributed by atoms with van der Waals surface area (Å²) in [5.41, 5.74) is 33.0. The molecule has 7 rings (SSSR count). The van der Waals surface area contributed by atoms with Crippen LogP contribution in [0.1, 0.15) is 0 Å². The number of benzene rings is 6. The molecule has 0 unspecified atom stereocenters. The molecule has 7 aromatic rings. The van der Waals surface area contributed by atoms with Crippen molar-refractivity contribution in [1.29, 1.82) is 0 Å². The fraction of sp³-hybridized carbons (Fsp3) is 0. The summed E-state index contributed by atoms with van der Waals surface area (Å²) in [6.07, 6.45) is 0. The van der Waals surface area contributed by atoms with Gasteiger partial charge < -0.3 is 17.2 Å². The Bertz CT molecular complexity index is 1910. The molecule has 0 aliphatic heterocycles. The summed E-state index contributed by atoms with van der Waals surface area (Å²) in [5, 5.41) is 0. The van der Waals surface area contributed by atoms with Crippen molar-refractivity contribution in [3.05, 3.63) is 158 Å². The highest BCUT2D eigenvalue weighted by Crippen LogP contribution is 2.35. The second-order valence-corrected chi connectivity index (χ2v) is 11.2. The van der Waals surface area contributed by atoms with E-state index >= 15 is 0 Å². The minimum Gasteiger partial charge on any atom is -0.399 e. The maximum atomic E-state index is 6.12. The number of nitrogen functional groups attached to an aromatic ring is 3. The predicted octanol–water partition coefficient (Wildman–Crippen LogP) is 9.83. The van der Waals surface area contributed by atoms with Crippen LogP contribution in [0.2, 0.25) is 0 Å². The summed E-state index contributed by atoms with van der Waals surface area (Å²) >= 11 is 0. The van der Waals surface area contributed by atoms with E-state index in [1.165, 1.54) is 0 Å². The van der Waals surface area contributed by atoms with Crippen molar-refractivity contribution in [3.8, 4) is 67.0 Å². The van der Waals surface area contributed by atoms with Gasteiger partial charge in [-0.15, -0.1) is 0 Å². The molecule has 0 fully saturated rings. The SMILES string of the molecule is Nc1cccc(-c2cccc(-c3cc(-c4cccc(-c5cccc(N)c5)c4)nc(-c4cccc(-c5cccc(N)c5)c4)c3)c2)c1. The molecule has 0 aliphatic rings. The first-order valence-electron chi connectivity index (χ1n) is 14.9. The van der Waals surface area contributed by atoms with Gasteiger partial charge in [-0.05, 0) is 111 Å². The minimum absolute atomic E-state index is 0.736. The van der Waals surface area contributed by atoms with Gasteiger partial charge in [-0.2, -0.15) is 0 Å². The number of aromatic nitrogens is 1. The minimum atomic E-state index is 0.736. The molecule has 1 heterocycles. The largest absolute Gasteiger partial charge is 0.399 e. The number of hydrogen-bond donors (Lipinski definition) is 3. The number of nitrogens with two attached hydrogens (primary N) is 3. The van der Waals surface area contributed by atoms with Crippen molar-refractivity contribution >= 4 is 17.1 Å². The lowest BCUT2D eigenvalue weighted by Gasteiger charge is -2.13. The zero-order valence-electron chi connectivity index (χ0n) is 24.7. The molecule has 6 N–H and O–H groups in total. The van der Waals surface area contributed by atoms with Crippen molar-refractivity contribution in [2.45, 2.75) is 0 Å². The van der Waals surface area contributed by atoms with Gasteiger partial charge in [-0.3, -0.25) is 0 Å². The molecule has 0 atom stereocenters. The number of anilines is 3. The van der Waals surface area contributed by atoms with E-state index in [9.17, 15) is 0 Å². The average molecular weight is 581 g/mol. The van der Waals surface area contributed by atoms with Crippen molar-refractivity contribution in [2.75, 3.05) is 17.2 Å². The summed E-state index contributed by atoms with van der Waals surface area (Å²) in [4.78, 5) is 5.23. The zero-order chi connectivity index (χ0) is 30.8. The summed E-state index contributed by atoms with van der Waals surface area (Å²) in [6, 6.07) is 53.7. The number of pyridine rings is 1. The molecule has 0 bridgehead atoms. The number of nitrogens with zero attached hydrogens (tertiary/aromatic N) is 1. The van der Waals surface area contributed by atoms with Crippen molar-refractivity contribution < 1.29 is 0 Å². The van der Waals surface area contributed by atoms with Gasteiger partial charge >= 0.3 is 0 Å². The van der Waals surface area contributed by atoms with E-state index < -0.39 is 0 Å². The van der Waals surface area contributed by atoms with Crippen LogP contribution < -0.4 is 17.2 Å². The van der Waals surface area contributed by atoms with E-state index in [0.29, 0.717) is 0 Å². The Morgan fingerprint density at radius 2 is 0.533 bits per heavy atom. The zero-order valence-corrected chi connectivity index (χ0v) is 24.7. The van der Waals surface area contributed by atoms with E-state index in [0.717, 1.165) is 84.1 Å². The molecule has 4 heteroatoms. The maximum absolute atomic E-state index is 6.12.